The third kappa shape index (κ3) is 3.98. The number of ether oxygens (including phenoxy) is 1. The lowest BCUT2D eigenvalue weighted by Crippen LogP contribution is -2.21. The SMILES string of the molecule is CC(C)Oc1cncc(C(=O)CN(C)C)c1. The van der Waals surface area contributed by atoms with Crippen molar-refractivity contribution in [3.63, 3.8) is 0 Å². The fraction of sp³-hybridized carbons (Fsp3) is 0.500. The van der Waals surface area contributed by atoms with Gasteiger partial charge in [-0.15, -0.1) is 0 Å². The van der Waals surface area contributed by atoms with Crippen LogP contribution in [-0.2, 0) is 0 Å². The number of pyridine rings is 1. The first kappa shape index (κ1) is 12.6. The molecule has 4 heteroatoms. The Labute approximate surface area is 96.2 Å². The van der Waals surface area contributed by atoms with Gasteiger partial charge in [0.25, 0.3) is 0 Å². The monoisotopic (exact) mass is 222 g/mol. The van der Waals surface area contributed by atoms with Crippen LogP contribution in [-0.4, -0.2) is 42.4 Å². The quantitative estimate of drug-likeness (QED) is 0.710. The molecule has 4 nitrogen and oxygen atoms in total. The minimum absolute atomic E-state index is 0.0479. The number of aromatic nitrogens is 1. The van der Waals surface area contributed by atoms with Crippen LogP contribution < -0.4 is 4.74 Å². The van der Waals surface area contributed by atoms with E-state index < -0.39 is 0 Å². The first-order valence-electron chi connectivity index (χ1n) is 5.28. The highest BCUT2D eigenvalue weighted by Gasteiger charge is 2.09. The van der Waals surface area contributed by atoms with Gasteiger partial charge in [-0.1, -0.05) is 0 Å². The molecule has 0 saturated heterocycles. The highest BCUT2D eigenvalue weighted by Crippen LogP contribution is 2.13. The van der Waals surface area contributed by atoms with Crippen LogP contribution in [0.4, 0.5) is 0 Å². The van der Waals surface area contributed by atoms with Crippen LogP contribution in [0.5, 0.6) is 5.75 Å². The van der Waals surface area contributed by atoms with Crippen molar-refractivity contribution in [3.05, 3.63) is 24.0 Å². The van der Waals surface area contributed by atoms with Crippen molar-refractivity contribution in [2.75, 3.05) is 20.6 Å². The molecule has 0 aliphatic carbocycles. The molecule has 0 radical (unpaired) electrons. The maximum atomic E-state index is 11.8. The zero-order valence-electron chi connectivity index (χ0n) is 10.2. The number of hydrogen-bond acceptors (Lipinski definition) is 4. The van der Waals surface area contributed by atoms with Crippen LogP contribution in [0.2, 0.25) is 0 Å². The minimum atomic E-state index is 0.0479. The van der Waals surface area contributed by atoms with E-state index in [2.05, 4.69) is 4.98 Å². The highest BCUT2D eigenvalue weighted by molar-refractivity contribution is 5.97. The van der Waals surface area contributed by atoms with Gasteiger partial charge in [-0.2, -0.15) is 0 Å². The molecule has 1 aromatic heterocycles. The molecule has 16 heavy (non-hydrogen) atoms. The molecule has 0 aromatic carbocycles. The normalized spacial score (nSPS) is 10.9. The molecule has 0 atom stereocenters. The predicted octanol–water partition coefficient (Wildman–Crippen LogP) is 1.61. The Morgan fingerprint density at radius 2 is 2.12 bits per heavy atom. The van der Waals surface area contributed by atoms with E-state index in [-0.39, 0.29) is 11.9 Å². The van der Waals surface area contributed by atoms with Crippen LogP contribution >= 0.6 is 0 Å². The smallest absolute Gasteiger partial charge is 0.178 e. The van der Waals surface area contributed by atoms with Crippen molar-refractivity contribution in [2.45, 2.75) is 20.0 Å². The Morgan fingerprint density at radius 3 is 2.69 bits per heavy atom. The molecule has 0 bridgehead atoms. The topological polar surface area (TPSA) is 42.4 Å². The van der Waals surface area contributed by atoms with Crippen molar-refractivity contribution in [1.29, 1.82) is 0 Å². The summed E-state index contributed by atoms with van der Waals surface area (Å²) in [6.07, 6.45) is 3.27. The van der Waals surface area contributed by atoms with Gasteiger partial charge in [-0.05, 0) is 34.0 Å². The zero-order chi connectivity index (χ0) is 12.1. The molecule has 1 aromatic rings. The van der Waals surface area contributed by atoms with Crippen LogP contribution in [0.1, 0.15) is 24.2 Å². The summed E-state index contributed by atoms with van der Waals surface area (Å²) >= 11 is 0. The average Bonchev–Trinajstić information content (AvgIpc) is 2.16. The summed E-state index contributed by atoms with van der Waals surface area (Å²) in [5, 5.41) is 0. The third-order valence-electron chi connectivity index (χ3n) is 1.87. The largest absolute Gasteiger partial charge is 0.489 e. The minimum Gasteiger partial charge on any atom is -0.489 e. The van der Waals surface area contributed by atoms with Crippen LogP contribution in [0.25, 0.3) is 0 Å². The maximum Gasteiger partial charge on any atom is 0.178 e. The summed E-state index contributed by atoms with van der Waals surface area (Å²) in [5.74, 6) is 0.686. The summed E-state index contributed by atoms with van der Waals surface area (Å²) < 4.78 is 5.48. The van der Waals surface area contributed by atoms with Gasteiger partial charge in [-0.3, -0.25) is 9.78 Å². The van der Waals surface area contributed by atoms with E-state index in [1.807, 2.05) is 32.8 Å². The van der Waals surface area contributed by atoms with Gasteiger partial charge in [0.2, 0.25) is 0 Å². The van der Waals surface area contributed by atoms with Gasteiger partial charge < -0.3 is 9.64 Å². The van der Waals surface area contributed by atoms with E-state index in [0.717, 1.165) is 0 Å². The van der Waals surface area contributed by atoms with Gasteiger partial charge in [0.1, 0.15) is 5.75 Å². The third-order valence-corrected chi connectivity index (χ3v) is 1.87. The summed E-state index contributed by atoms with van der Waals surface area (Å²) in [6.45, 7) is 4.26. The van der Waals surface area contributed by atoms with Crippen molar-refractivity contribution < 1.29 is 9.53 Å². The Morgan fingerprint density at radius 1 is 1.44 bits per heavy atom. The van der Waals surface area contributed by atoms with Crippen LogP contribution in [0, 0.1) is 0 Å². The molecule has 0 saturated carbocycles. The van der Waals surface area contributed by atoms with Crippen molar-refractivity contribution in [3.8, 4) is 5.75 Å². The summed E-state index contributed by atoms with van der Waals surface area (Å²) in [6, 6.07) is 1.73. The number of ketones is 1. The van der Waals surface area contributed by atoms with Crippen molar-refractivity contribution in [1.82, 2.24) is 9.88 Å². The van der Waals surface area contributed by atoms with E-state index in [4.69, 9.17) is 4.74 Å². The summed E-state index contributed by atoms with van der Waals surface area (Å²) in [4.78, 5) is 17.6. The number of rotatable bonds is 5. The average molecular weight is 222 g/mol. The number of nitrogens with zero attached hydrogens (tertiary/aromatic N) is 2. The second-order valence-electron chi connectivity index (χ2n) is 4.24. The summed E-state index contributed by atoms with van der Waals surface area (Å²) in [7, 11) is 3.72. The molecule has 88 valence electrons. The van der Waals surface area contributed by atoms with Crippen LogP contribution in [0.3, 0.4) is 0 Å². The number of carbonyl (C=O) groups is 1. The van der Waals surface area contributed by atoms with Gasteiger partial charge >= 0.3 is 0 Å². The van der Waals surface area contributed by atoms with E-state index in [0.29, 0.717) is 17.9 Å². The lowest BCUT2D eigenvalue weighted by molar-refractivity contribution is 0.0956. The zero-order valence-corrected chi connectivity index (χ0v) is 10.2. The van der Waals surface area contributed by atoms with Crippen molar-refractivity contribution >= 4 is 5.78 Å². The highest BCUT2D eigenvalue weighted by atomic mass is 16.5. The van der Waals surface area contributed by atoms with Crippen molar-refractivity contribution in [2.24, 2.45) is 0 Å². The molecule has 0 amide bonds. The van der Waals surface area contributed by atoms with Gasteiger partial charge in [0.05, 0.1) is 18.8 Å². The molecular weight excluding hydrogens is 204 g/mol. The molecular formula is C12H18N2O2. The second kappa shape index (κ2) is 5.61. The molecule has 1 rings (SSSR count). The molecule has 0 fully saturated rings. The van der Waals surface area contributed by atoms with Gasteiger partial charge in [-0.25, -0.2) is 0 Å². The molecule has 0 aliphatic heterocycles. The Hall–Kier alpha value is -1.42. The second-order valence-corrected chi connectivity index (χ2v) is 4.24. The first-order chi connectivity index (χ1) is 7.49. The Kier molecular flexibility index (Phi) is 4.43. The maximum absolute atomic E-state index is 11.8. The molecule has 0 spiro atoms. The van der Waals surface area contributed by atoms with E-state index >= 15 is 0 Å². The first-order valence-corrected chi connectivity index (χ1v) is 5.28. The Bertz CT molecular complexity index is 362. The number of hydrogen-bond donors (Lipinski definition) is 0. The van der Waals surface area contributed by atoms with E-state index in [9.17, 15) is 4.79 Å². The molecule has 0 N–H and O–H groups in total. The molecule has 1 heterocycles. The lowest BCUT2D eigenvalue weighted by atomic mass is 10.2. The number of Topliss-reactive ketones (excluding diaryl/α,β-unsaturated/α-hetero) is 1. The standard InChI is InChI=1S/C12H18N2O2/c1-9(2)16-11-5-10(6-13-7-11)12(15)8-14(3)4/h5-7,9H,8H2,1-4H3. The fourth-order valence-electron chi connectivity index (χ4n) is 1.29. The van der Waals surface area contributed by atoms with Gasteiger partial charge in [0, 0.05) is 11.8 Å². The molecule has 0 aliphatic rings. The van der Waals surface area contributed by atoms with E-state index in [1.54, 1.807) is 18.5 Å². The number of likely N-dealkylation sites (N-methyl/N-ethyl adjacent to an activating group) is 1. The number of carbonyl (C=O) groups excluding carboxylic acids is 1. The van der Waals surface area contributed by atoms with Gasteiger partial charge in [0.15, 0.2) is 5.78 Å². The molecule has 0 unspecified atom stereocenters. The van der Waals surface area contributed by atoms with Crippen LogP contribution in [0.15, 0.2) is 18.5 Å². The van der Waals surface area contributed by atoms with E-state index in [1.165, 1.54) is 0 Å². The predicted molar refractivity (Wildman–Crippen MR) is 62.9 cm³/mol. The fourth-order valence-corrected chi connectivity index (χ4v) is 1.29. The lowest BCUT2D eigenvalue weighted by Gasteiger charge is -2.11. The Balaban J connectivity index is 2.77. The summed E-state index contributed by atoms with van der Waals surface area (Å²) in [5.41, 5.74) is 0.590.